The third-order valence-corrected chi connectivity index (χ3v) is 4.45. The van der Waals surface area contributed by atoms with Crippen molar-refractivity contribution in [3.05, 3.63) is 64.8 Å². The van der Waals surface area contributed by atoms with Crippen LogP contribution < -0.4 is 5.32 Å². The first kappa shape index (κ1) is 22.6. The highest BCUT2D eigenvalue weighted by atomic mass is 35.5. The minimum Gasteiger partial charge on any atom is -0.348 e. The molecule has 0 aliphatic rings. The van der Waals surface area contributed by atoms with E-state index in [-0.39, 0.29) is 11.4 Å². The molecule has 0 unspecified atom stereocenters. The van der Waals surface area contributed by atoms with Crippen molar-refractivity contribution in [3.8, 4) is 11.3 Å². The van der Waals surface area contributed by atoms with E-state index in [2.05, 4.69) is 20.4 Å². The van der Waals surface area contributed by atoms with E-state index in [1.807, 2.05) is 59.7 Å². The van der Waals surface area contributed by atoms with Crippen LogP contribution in [0.1, 0.15) is 56.1 Å². The third kappa shape index (κ3) is 5.87. The van der Waals surface area contributed by atoms with Crippen LogP contribution >= 0.6 is 11.6 Å². The summed E-state index contributed by atoms with van der Waals surface area (Å²) in [6.07, 6.45) is 4.80. The van der Waals surface area contributed by atoms with Crippen molar-refractivity contribution < 1.29 is 4.79 Å². The van der Waals surface area contributed by atoms with E-state index in [1.165, 1.54) is 6.33 Å². The maximum atomic E-state index is 12.4. The smallest absolute Gasteiger partial charge is 0.254 e. The Labute approximate surface area is 177 Å². The molecule has 0 aliphatic heterocycles. The summed E-state index contributed by atoms with van der Waals surface area (Å²) >= 11 is 5.93. The zero-order chi connectivity index (χ0) is 21.6. The summed E-state index contributed by atoms with van der Waals surface area (Å²) in [6, 6.07) is 7.70. The van der Waals surface area contributed by atoms with Gasteiger partial charge in [-0.15, -0.1) is 0 Å². The van der Waals surface area contributed by atoms with E-state index < -0.39 is 0 Å². The molecule has 0 radical (unpaired) electrons. The molecular weight excluding hydrogens is 386 g/mol. The standard InChI is InChI=1S/C20H22ClN5O.C2H6/c1-13-7-14(17-8-18(21)24-12-23-17)5-6-15(13)9-22-19(27)16-10-25-26(11-16)20(2,3)4;1-2/h5-8,10-12H,9H2,1-4H3,(H,22,27);1-2H3. The number of halogens is 1. The van der Waals surface area contributed by atoms with Crippen molar-refractivity contribution in [1.82, 2.24) is 25.1 Å². The normalized spacial score (nSPS) is 10.9. The molecule has 0 aliphatic carbocycles. The van der Waals surface area contributed by atoms with E-state index >= 15 is 0 Å². The van der Waals surface area contributed by atoms with Crippen LogP contribution in [0, 0.1) is 6.92 Å². The van der Waals surface area contributed by atoms with E-state index in [0.29, 0.717) is 17.3 Å². The van der Waals surface area contributed by atoms with Crippen molar-refractivity contribution in [2.24, 2.45) is 0 Å². The van der Waals surface area contributed by atoms with Gasteiger partial charge in [0, 0.05) is 24.4 Å². The number of benzene rings is 1. The van der Waals surface area contributed by atoms with E-state index in [0.717, 1.165) is 22.4 Å². The van der Waals surface area contributed by atoms with Gasteiger partial charge in [0.1, 0.15) is 11.5 Å². The van der Waals surface area contributed by atoms with Crippen molar-refractivity contribution in [2.45, 2.75) is 53.6 Å². The molecule has 0 saturated heterocycles. The van der Waals surface area contributed by atoms with E-state index in [9.17, 15) is 4.79 Å². The Balaban J connectivity index is 0.00000145. The monoisotopic (exact) mass is 413 g/mol. The molecule has 3 rings (SSSR count). The van der Waals surface area contributed by atoms with Crippen LogP contribution in [-0.2, 0) is 12.1 Å². The molecule has 1 aromatic carbocycles. The lowest BCUT2D eigenvalue weighted by Crippen LogP contribution is -2.24. The number of carbonyl (C=O) groups excluding carboxylic acids is 1. The lowest BCUT2D eigenvalue weighted by atomic mass is 10.0. The van der Waals surface area contributed by atoms with Crippen molar-refractivity contribution in [2.75, 3.05) is 0 Å². The topological polar surface area (TPSA) is 72.7 Å². The van der Waals surface area contributed by atoms with Crippen LogP contribution in [-0.4, -0.2) is 25.7 Å². The molecule has 7 heteroatoms. The Morgan fingerprint density at radius 2 is 1.90 bits per heavy atom. The number of nitrogens with zero attached hydrogens (tertiary/aromatic N) is 4. The molecule has 3 aromatic rings. The van der Waals surface area contributed by atoms with Crippen LogP contribution in [0.4, 0.5) is 0 Å². The Bertz CT molecular complexity index is 975. The van der Waals surface area contributed by atoms with Gasteiger partial charge >= 0.3 is 0 Å². The van der Waals surface area contributed by atoms with Gasteiger partial charge in [0.15, 0.2) is 0 Å². The van der Waals surface area contributed by atoms with Gasteiger partial charge in [-0.25, -0.2) is 9.97 Å². The third-order valence-electron chi connectivity index (χ3n) is 4.24. The predicted molar refractivity (Wildman–Crippen MR) is 117 cm³/mol. The summed E-state index contributed by atoms with van der Waals surface area (Å²) in [5.41, 5.74) is 4.22. The number of aromatic nitrogens is 4. The van der Waals surface area contributed by atoms with Gasteiger partial charge in [-0.05, 0) is 44.9 Å². The quantitative estimate of drug-likeness (QED) is 0.610. The van der Waals surface area contributed by atoms with E-state index in [4.69, 9.17) is 11.6 Å². The van der Waals surface area contributed by atoms with Gasteiger partial charge in [-0.1, -0.05) is 37.6 Å². The van der Waals surface area contributed by atoms with Crippen LogP contribution in [0.3, 0.4) is 0 Å². The molecule has 0 fully saturated rings. The summed E-state index contributed by atoms with van der Waals surface area (Å²) < 4.78 is 1.79. The molecule has 0 saturated carbocycles. The first-order chi connectivity index (χ1) is 13.7. The second-order valence-electron chi connectivity index (χ2n) is 7.39. The predicted octanol–water partition coefficient (Wildman–Crippen LogP) is 5.01. The maximum Gasteiger partial charge on any atom is 0.254 e. The number of amides is 1. The highest BCUT2D eigenvalue weighted by molar-refractivity contribution is 6.29. The molecule has 2 aromatic heterocycles. The Hall–Kier alpha value is -2.73. The van der Waals surface area contributed by atoms with Gasteiger partial charge in [0.2, 0.25) is 0 Å². The summed E-state index contributed by atoms with van der Waals surface area (Å²) in [7, 11) is 0. The molecule has 1 amide bonds. The van der Waals surface area contributed by atoms with Crippen molar-refractivity contribution in [1.29, 1.82) is 0 Å². The minimum atomic E-state index is -0.158. The zero-order valence-electron chi connectivity index (χ0n) is 17.8. The molecule has 0 spiro atoms. The van der Waals surface area contributed by atoms with Gasteiger partial charge in [0.05, 0.1) is 23.0 Å². The van der Waals surface area contributed by atoms with Gasteiger partial charge in [-0.2, -0.15) is 5.10 Å². The first-order valence-corrected chi connectivity index (χ1v) is 10.0. The molecule has 29 heavy (non-hydrogen) atoms. The lowest BCUT2D eigenvalue weighted by Gasteiger charge is -2.18. The number of hydrogen-bond acceptors (Lipinski definition) is 4. The second kappa shape index (κ2) is 9.65. The largest absolute Gasteiger partial charge is 0.348 e. The number of nitrogens with one attached hydrogen (secondary N) is 1. The molecule has 154 valence electrons. The van der Waals surface area contributed by atoms with Crippen molar-refractivity contribution >= 4 is 17.5 Å². The highest BCUT2D eigenvalue weighted by Gasteiger charge is 2.16. The zero-order valence-corrected chi connectivity index (χ0v) is 18.6. The average molecular weight is 414 g/mol. The van der Waals surface area contributed by atoms with Crippen LogP contribution in [0.2, 0.25) is 5.15 Å². The SMILES string of the molecule is CC.Cc1cc(-c2cc(Cl)ncn2)ccc1CNC(=O)c1cnn(C(C)(C)C)c1. The fourth-order valence-corrected chi connectivity index (χ4v) is 2.78. The van der Waals surface area contributed by atoms with Gasteiger partial charge in [0.25, 0.3) is 5.91 Å². The summed E-state index contributed by atoms with van der Waals surface area (Å²) in [6.45, 7) is 12.6. The Morgan fingerprint density at radius 3 is 2.48 bits per heavy atom. The number of rotatable bonds is 4. The Morgan fingerprint density at radius 1 is 1.17 bits per heavy atom. The minimum absolute atomic E-state index is 0.142. The van der Waals surface area contributed by atoms with Gasteiger partial charge in [-0.3, -0.25) is 9.48 Å². The van der Waals surface area contributed by atoms with Gasteiger partial charge < -0.3 is 5.32 Å². The van der Waals surface area contributed by atoms with E-state index in [1.54, 1.807) is 23.1 Å². The molecule has 0 atom stereocenters. The van der Waals surface area contributed by atoms with Crippen LogP contribution in [0.15, 0.2) is 43.0 Å². The highest BCUT2D eigenvalue weighted by Crippen LogP contribution is 2.22. The molecular formula is C22H28ClN5O. The molecule has 2 heterocycles. The number of carbonyl (C=O) groups is 1. The summed E-state index contributed by atoms with van der Waals surface area (Å²) in [4.78, 5) is 20.5. The number of hydrogen-bond donors (Lipinski definition) is 1. The average Bonchev–Trinajstić information content (AvgIpc) is 3.19. The molecule has 6 nitrogen and oxygen atoms in total. The molecule has 0 bridgehead atoms. The van der Waals surface area contributed by atoms with Crippen molar-refractivity contribution in [3.63, 3.8) is 0 Å². The van der Waals surface area contributed by atoms with Crippen LogP contribution in [0.25, 0.3) is 11.3 Å². The fraction of sp³-hybridized carbons (Fsp3) is 0.364. The summed E-state index contributed by atoms with van der Waals surface area (Å²) in [5, 5.41) is 7.62. The van der Waals surface area contributed by atoms with Crippen LogP contribution in [0.5, 0.6) is 0 Å². The fourth-order valence-electron chi connectivity index (χ4n) is 2.63. The second-order valence-corrected chi connectivity index (χ2v) is 7.78. The summed E-state index contributed by atoms with van der Waals surface area (Å²) in [5.74, 6) is -0.142. The first-order valence-electron chi connectivity index (χ1n) is 9.65. The maximum absolute atomic E-state index is 12.4. The Kier molecular flexibility index (Phi) is 7.51. The number of aryl methyl sites for hydroxylation is 1. The molecule has 1 N–H and O–H groups in total. The lowest BCUT2D eigenvalue weighted by molar-refractivity contribution is 0.0950.